The van der Waals surface area contributed by atoms with Crippen LogP contribution in [-0.4, -0.2) is 250 Å². The maximum atomic E-state index is 14.8. The second-order valence-corrected chi connectivity index (χ2v) is 24.3. The Hall–Kier alpha value is -15.4. The van der Waals surface area contributed by atoms with Gasteiger partial charge in [-0.05, 0) is 60.7 Å². The lowest BCUT2D eigenvalue weighted by Crippen LogP contribution is -2.62. The molecule has 0 aliphatic carbocycles. The Bertz CT molecular complexity index is 5350. The van der Waals surface area contributed by atoms with Crippen LogP contribution in [0.2, 0.25) is 0 Å². The highest BCUT2D eigenvalue weighted by Crippen LogP contribution is 2.57. The van der Waals surface area contributed by atoms with Crippen molar-refractivity contribution in [2.24, 2.45) is 0 Å². The van der Waals surface area contributed by atoms with E-state index in [4.69, 9.17) is 52.1 Å². The monoisotopic (exact) mass is 1570 g/mol. The molecule has 2 fully saturated rings. The van der Waals surface area contributed by atoms with Crippen LogP contribution in [0.1, 0.15) is 82.9 Å². The summed E-state index contributed by atoms with van der Waals surface area (Å²) in [6.07, 6.45) is -26.1. The Morgan fingerprint density at radius 1 is 0.321 bits per heavy atom. The Kier molecular flexibility index (Phi) is 19.3. The van der Waals surface area contributed by atoms with Gasteiger partial charge in [-0.25, -0.2) is 38.4 Å². The van der Waals surface area contributed by atoms with E-state index in [0.717, 1.165) is 0 Å². The minimum atomic E-state index is -2.84. The summed E-state index contributed by atoms with van der Waals surface area (Å²) in [5.74, 6) is -49.8. The van der Waals surface area contributed by atoms with Crippen LogP contribution < -0.4 is 4.74 Å². The van der Waals surface area contributed by atoms with E-state index in [1.54, 1.807) is 0 Å². The van der Waals surface area contributed by atoms with Crippen LogP contribution in [0, 0.1) is 0 Å². The van der Waals surface area contributed by atoms with E-state index in [1.807, 2.05) is 0 Å². The van der Waals surface area contributed by atoms with Gasteiger partial charge in [-0.1, -0.05) is 0 Å². The standard InChI is InChI=1S/C68H50O44/c69-22-1-14(2-23(70)39(22)79)59(93)109-56-52(92)68(106-34-13-103-63(97)18-8-28(75)43(83)48(88)36(18)37-19(64(98)107-54(34)56)9-29(76)44(84)49(37)89)112-61(95)16-5-26(73)41(81)32(6-16)104-53-21(11-31(78)46(86)51(53)91)66(100)111-58-57(110-60(94)15-3-24(71)40(80)25(72)4-15)55-33(105-67(58)101)12-102-62(96)17-7-27(74)42(82)47(87)35(17)38-20(65(99)108-55)10-30(77)45(85)50(38)90/h1-11,33-34,52,54-58,67-92,101H,12-13H2. The van der Waals surface area contributed by atoms with Crippen molar-refractivity contribution in [1.29, 1.82) is 0 Å². The normalized spacial score (nSPS) is 20.7. The lowest BCUT2D eigenvalue weighted by molar-refractivity contribution is -0.284. The largest absolute Gasteiger partial charge is 0.504 e. The van der Waals surface area contributed by atoms with Crippen LogP contribution in [0.4, 0.5) is 0 Å². The van der Waals surface area contributed by atoms with Crippen molar-refractivity contribution in [3.05, 3.63) is 111 Å². The van der Waals surface area contributed by atoms with Crippen LogP contribution >= 0.6 is 0 Å². The fourth-order valence-corrected chi connectivity index (χ4v) is 11.9. The summed E-state index contributed by atoms with van der Waals surface area (Å²) < 4.78 is 60.8. The molecule has 8 aromatic rings. The molecule has 10 atom stereocenters. The van der Waals surface area contributed by atoms with E-state index in [0.29, 0.717) is 60.7 Å². The van der Waals surface area contributed by atoms with Crippen LogP contribution in [0.5, 0.6) is 144 Å². The van der Waals surface area contributed by atoms with Crippen molar-refractivity contribution in [2.75, 3.05) is 13.2 Å². The molecule has 8 aromatic carbocycles. The highest BCUT2D eigenvalue weighted by atomic mass is 16.7. The van der Waals surface area contributed by atoms with E-state index in [2.05, 4.69) is 0 Å². The average Bonchev–Trinajstić information content (AvgIpc) is 1.21. The average molecular weight is 1570 g/mol. The second kappa shape index (κ2) is 28.4. The van der Waals surface area contributed by atoms with Gasteiger partial charge in [-0.2, -0.15) is 0 Å². The molecule has 44 nitrogen and oxygen atoms in total. The first-order chi connectivity index (χ1) is 52.7. The number of carbonyl (C=O) groups is 8. The van der Waals surface area contributed by atoms with Gasteiger partial charge in [0.2, 0.25) is 46.5 Å². The maximum Gasteiger partial charge on any atom is 0.342 e. The molecule has 2 saturated heterocycles. The van der Waals surface area contributed by atoms with Crippen molar-refractivity contribution in [1.82, 2.24) is 0 Å². The number of aliphatic hydroxyl groups is 2. The fourth-order valence-electron chi connectivity index (χ4n) is 11.9. The second-order valence-electron chi connectivity index (χ2n) is 24.3. The zero-order valence-corrected chi connectivity index (χ0v) is 55.0. The zero-order valence-electron chi connectivity index (χ0n) is 55.0. The number of hydrogen-bond acceptors (Lipinski definition) is 44. The van der Waals surface area contributed by atoms with Gasteiger partial charge in [0.15, 0.2) is 146 Å². The predicted molar refractivity (Wildman–Crippen MR) is 345 cm³/mol. The molecule has 112 heavy (non-hydrogen) atoms. The molecule has 0 radical (unpaired) electrons. The number of hydrogen-bond donors (Lipinski definition) is 25. The summed E-state index contributed by atoms with van der Waals surface area (Å²) in [5, 5.41) is 270. The van der Waals surface area contributed by atoms with Gasteiger partial charge < -0.3 is 180 Å². The quantitative estimate of drug-likeness (QED) is 0.0527. The molecule has 44 heteroatoms. The number of aromatic hydroxyl groups is 23. The number of phenols is 23. The van der Waals surface area contributed by atoms with Crippen molar-refractivity contribution in [3.8, 4) is 166 Å². The van der Waals surface area contributed by atoms with Gasteiger partial charge in [0.1, 0.15) is 31.0 Å². The molecule has 25 N–H and O–H groups in total. The summed E-state index contributed by atoms with van der Waals surface area (Å²) >= 11 is 0. The van der Waals surface area contributed by atoms with E-state index in [-0.39, 0.29) is 6.07 Å². The predicted octanol–water partition coefficient (Wildman–Crippen LogP) is 1.77. The molecule has 12 rings (SSSR count). The smallest absolute Gasteiger partial charge is 0.342 e. The third kappa shape index (κ3) is 13.2. The van der Waals surface area contributed by atoms with Gasteiger partial charge >= 0.3 is 47.8 Å². The summed E-state index contributed by atoms with van der Waals surface area (Å²) in [6, 6.07) is 4.25. The van der Waals surface area contributed by atoms with Crippen molar-refractivity contribution >= 4 is 47.8 Å². The number of esters is 8. The first kappa shape index (κ1) is 76.2. The summed E-state index contributed by atoms with van der Waals surface area (Å²) in [5.41, 5.74) is -13.5. The minimum Gasteiger partial charge on any atom is -0.504 e. The van der Waals surface area contributed by atoms with Crippen LogP contribution in [-0.2, 0) is 47.4 Å². The molecule has 0 amide bonds. The molecule has 4 aliphatic heterocycles. The summed E-state index contributed by atoms with van der Waals surface area (Å²) in [6.45, 7) is -2.72. The van der Waals surface area contributed by atoms with Gasteiger partial charge in [0.25, 0.3) is 0 Å². The number of rotatable bonds is 10. The molecule has 0 aromatic heterocycles. The number of phenolic OH excluding ortho intramolecular Hbond substituents is 23. The SMILES string of the molecule is O=C(OC1OC2COC(=O)c3cc(O)c(O)c(O)c3-c3c(cc(O)c(O)c3O)C(=O)OC2C(OC(=O)c2cc(O)c(O)c(O)c2)C1O)c1cc(O)c(O)c(Oc2c(C(=O)OC3C(O)OC4COC(=O)c5cc(O)c(O)c(O)c5-c5c(cc(O)c(O)c5O)C(=O)OC4C3OC(=O)c3cc(O)c(O)c(O)c3)cc(O)c(O)c2O)c1. The van der Waals surface area contributed by atoms with Crippen LogP contribution in [0.25, 0.3) is 22.3 Å². The number of carbonyl (C=O) groups excluding carboxylic acids is 8. The summed E-state index contributed by atoms with van der Waals surface area (Å²) in [4.78, 5) is 115. The molecule has 586 valence electrons. The number of benzene rings is 8. The summed E-state index contributed by atoms with van der Waals surface area (Å²) in [7, 11) is 0. The lowest BCUT2D eigenvalue weighted by atomic mass is 9.92. The number of aliphatic hydroxyl groups excluding tert-OH is 2. The first-order valence-corrected chi connectivity index (χ1v) is 31.1. The van der Waals surface area contributed by atoms with E-state index in [9.17, 15) is 166 Å². The molecule has 0 bridgehead atoms. The molecular formula is C68H50O44. The minimum absolute atomic E-state index is 0.194. The van der Waals surface area contributed by atoms with Crippen molar-refractivity contribution in [2.45, 2.75) is 61.4 Å². The van der Waals surface area contributed by atoms with Crippen LogP contribution in [0.15, 0.2) is 66.7 Å². The number of fused-ring (bicyclic) bond motifs is 8. The molecule has 4 heterocycles. The van der Waals surface area contributed by atoms with Crippen LogP contribution in [0.3, 0.4) is 0 Å². The fraction of sp³-hybridized carbons (Fsp3) is 0.176. The van der Waals surface area contributed by atoms with Gasteiger partial charge in [-0.3, -0.25) is 0 Å². The maximum absolute atomic E-state index is 14.8. The highest BCUT2D eigenvalue weighted by molar-refractivity contribution is 6.10. The lowest BCUT2D eigenvalue weighted by Gasteiger charge is -2.42. The van der Waals surface area contributed by atoms with E-state index >= 15 is 0 Å². The van der Waals surface area contributed by atoms with Gasteiger partial charge in [-0.15, -0.1) is 0 Å². The third-order valence-corrected chi connectivity index (χ3v) is 17.4. The molecule has 0 spiro atoms. The van der Waals surface area contributed by atoms with Gasteiger partial charge in [0, 0.05) is 28.3 Å². The molecular weight excluding hydrogens is 1520 g/mol. The van der Waals surface area contributed by atoms with E-state index in [1.165, 1.54) is 0 Å². The Morgan fingerprint density at radius 3 is 1.06 bits per heavy atom. The molecule has 4 aliphatic rings. The third-order valence-electron chi connectivity index (χ3n) is 17.4. The van der Waals surface area contributed by atoms with Gasteiger partial charge in [0.05, 0.1) is 38.9 Å². The Labute approximate surface area is 616 Å². The topological polar surface area (TPSA) is 744 Å². The Balaban J connectivity index is 0.895. The number of ether oxygens (including phenoxy) is 11. The zero-order chi connectivity index (χ0) is 81.7. The molecule has 10 unspecified atom stereocenters. The van der Waals surface area contributed by atoms with Crippen molar-refractivity contribution in [3.63, 3.8) is 0 Å². The van der Waals surface area contributed by atoms with E-state index < -0.39 is 333 Å². The highest BCUT2D eigenvalue weighted by Gasteiger charge is 2.56. The number of cyclic esters (lactones) is 2. The van der Waals surface area contributed by atoms with Crippen molar-refractivity contribution < 1.29 is 218 Å². The molecule has 0 saturated carbocycles. The first-order valence-electron chi connectivity index (χ1n) is 31.1. The Morgan fingerprint density at radius 2 is 0.643 bits per heavy atom.